The Morgan fingerprint density at radius 1 is 1.12 bits per heavy atom. The third kappa shape index (κ3) is 3.85. The van der Waals surface area contributed by atoms with Crippen molar-refractivity contribution in [3.63, 3.8) is 0 Å². The number of pyridine rings is 1. The second-order valence-corrected chi connectivity index (χ2v) is 7.09. The van der Waals surface area contributed by atoms with Gasteiger partial charge in [0.2, 0.25) is 5.91 Å². The zero-order valence-corrected chi connectivity index (χ0v) is 15.4. The highest BCUT2D eigenvalue weighted by atomic mass is 16.3. The van der Waals surface area contributed by atoms with Crippen LogP contribution in [-0.2, 0) is 4.79 Å². The van der Waals surface area contributed by atoms with Gasteiger partial charge in [-0.05, 0) is 24.5 Å². The number of nitrogens with zero attached hydrogens (tertiary/aromatic N) is 1. The van der Waals surface area contributed by atoms with Gasteiger partial charge >= 0.3 is 0 Å². The number of hydrogen-bond acceptors (Lipinski definition) is 3. The fourth-order valence-corrected chi connectivity index (χ4v) is 3.07. The molecule has 0 aliphatic carbocycles. The van der Waals surface area contributed by atoms with E-state index < -0.39 is 6.04 Å². The van der Waals surface area contributed by atoms with Gasteiger partial charge in [-0.1, -0.05) is 61.9 Å². The van der Waals surface area contributed by atoms with Crippen molar-refractivity contribution in [1.29, 1.82) is 0 Å². The molecule has 0 saturated heterocycles. The molecule has 2 N–H and O–H groups in total. The minimum absolute atomic E-state index is 0.0360. The largest absolute Gasteiger partial charge is 0.505 e. The van der Waals surface area contributed by atoms with E-state index in [1.165, 1.54) is 0 Å². The molecule has 0 saturated carbocycles. The molecule has 1 heterocycles. The Labute approximate surface area is 153 Å². The van der Waals surface area contributed by atoms with Crippen LogP contribution in [0.2, 0.25) is 0 Å². The molecule has 2 aromatic carbocycles. The lowest BCUT2D eigenvalue weighted by atomic mass is 9.95. The first-order valence-corrected chi connectivity index (χ1v) is 8.88. The summed E-state index contributed by atoms with van der Waals surface area (Å²) in [6.45, 7) is 6.04. The van der Waals surface area contributed by atoms with Gasteiger partial charge in [-0.25, -0.2) is 0 Å². The van der Waals surface area contributed by atoms with Gasteiger partial charge in [-0.15, -0.1) is 0 Å². The van der Waals surface area contributed by atoms with Crippen molar-refractivity contribution >= 4 is 16.8 Å². The van der Waals surface area contributed by atoms with E-state index in [2.05, 4.69) is 10.3 Å². The molecule has 1 atom stereocenters. The second-order valence-electron chi connectivity index (χ2n) is 7.09. The van der Waals surface area contributed by atoms with Gasteiger partial charge in [-0.2, -0.15) is 0 Å². The van der Waals surface area contributed by atoms with Crippen LogP contribution in [0.5, 0.6) is 5.75 Å². The van der Waals surface area contributed by atoms with Crippen LogP contribution in [0, 0.1) is 12.8 Å². The zero-order valence-electron chi connectivity index (χ0n) is 15.4. The number of carbonyl (C=O) groups is 1. The lowest BCUT2D eigenvalue weighted by Crippen LogP contribution is -2.30. The maximum atomic E-state index is 12.4. The number of aromatic hydroxyl groups is 1. The molecule has 3 aromatic rings. The lowest BCUT2D eigenvalue weighted by Gasteiger charge is -2.22. The Hall–Kier alpha value is -2.88. The summed E-state index contributed by atoms with van der Waals surface area (Å²) in [5.41, 5.74) is 3.26. The predicted octanol–water partition coefficient (Wildman–Crippen LogP) is 4.50. The Balaban J connectivity index is 2.06. The van der Waals surface area contributed by atoms with Gasteiger partial charge in [0.25, 0.3) is 0 Å². The van der Waals surface area contributed by atoms with E-state index in [0.29, 0.717) is 17.5 Å². The minimum Gasteiger partial charge on any atom is -0.505 e. The van der Waals surface area contributed by atoms with Crippen molar-refractivity contribution in [2.45, 2.75) is 33.2 Å². The van der Waals surface area contributed by atoms with E-state index >= 15 is 0 Å². The number of rotatable bonds is 5. The highest BCUT2D eigenvalue weighted by Gasteiger charge is 2.22. The molecule has 26 heavy (non-hydrogen) atoms. The normalized spacial score (nSPS) is 12.3. The summed E-state index contributed by atoms with van der Waals surface area (Å²) < 4.78 is 0. The zero-order chi connectivity index (χ0) is 18.7. The van der Waals surface area contributed by atoms with Crippen molar-refractivity contribution < 1.29 is 9.90 Å². The number of fused-ring (bicyclic) bond motifs is 1. The van der Waals surface area contributed by atoms with E-state index in [1.807, 2.05) is 69.3 Å². The first-order chi connectivity index (χ1) is 12.5. The topological polar surface area (TPSA) is 62.2 Å². The van der Waals surface area contributed by atoms with Crippen LogP contribution in [0.1, 0.15) is 43.0 Å². The van der Waals surface area contributed by atoms with Crippen molar-refractivity contribution in [3.05, 3.63) is 71.4 Å². The van der Waals surface area contributed by atoms with Gasteiger partial charge in [-0.3, -0.25) is 9.78 Å². The minimum atomic E-state index is -0.423. The van der Waals surface area contributed by atoms with Crippen LogP contribution in [0.25, 0.3) is 10.9 Å². The first-order valence-electron chi connectivity index (χ1n) is 8.88. The van der Waals surface area contributed by atoms with Gasteiger partial charge in [0.15, 0.2) is 0 Å². The van der Waals surface area contributed by atoms with Gasteiger partial charge in [0.1, 0.15) is 11.3 Å². The molecule has 3 rings (SSSR count). The summed E-state index contributed by atoms with van der Waals surface area (Å²) in [4.78, 5) is 16.7. The van der Waals surface area contributed by atoms with Crippen molar-refractivity contribution in [3.8, 4) is 5.75 Å². The molecule has 0 bridgehead atoms. The molecule has 0 unspecified atom stereocenters. The SMILES string of the molecule is Cc1ccc([C@H](NC(=O)CC(C)C)c2ccc3cccnc3c2O)cc1. The molecule has 0 aliphatic heterocycles. The number of phenols is 1. The maximum Gasteiger partial charge on any atom is 0.221 e. The first kappa shape index (κ1) is 17.9. The lowest BCUT2D eigenvalue weighted by molar-refractivity contribution is -0.122. The Morgan fingerprint density at radius 2 is 1.85 bits per heavy atom. The number of nitrogens with one attached hydrogen (secondary N) is 1. The average Bonchev–Trinajstić information content (AvgIpc) is 2.61. The van der Waals surface area contributed by atoms with Crippen LogP contribution in [0.15, 0.2) is 54.7 Å². The summed E-state index contributed by atoms with van der Waals surface area (Å²) in [6.07, 6.45) is 2.10. The Kier molecular flexibility index (Phi) is 5.21. The quantitative estimate of drug-likeness (QED) is 0.713. The molecule has 0 spiro atoms. The van der Waals surface area contributed by atoms with Crippen LogP contribution >= 0.6 is 0 Å². The maximum absolute atomic E-state index is 12.4. The molecule has 0 aliphatic rings. The number of amides is 1. The van der Waals surface area contributed by atoms with E-state index in [9.17, 15) is 9.90 Å². The summed E-state index contributed by atoms with van der Waals surface area (Å²) >= 11 is 0. The number of aryl methyl sites for hydroxylation is 1. The Morgan fingerprint density at radius 3 is 2.54 bits per heavy atom. The fraction of sp³-hybridized carbons (Fsp3) is 0.273. The van der Waals surface area contributed by atoms with E-state index in [-0.39, 0.29) is 17.6 Å². The molecule has 0 fully saturated rings. The molecule has 4 heteroatoms. The van der Waals surface area contributed by atoms with Gasteiger partial charge in [0, 0.05) is 23.6 Å². The number of hydrogen-bond donors (Lipinski definition) is 2. The summed E-state index contributed by atoms with van der Waals surface area (Å²) in [5, 5.41) is 14.8. The van der Waals surface area contributed by atoms with Gasteiger partial charge < -0.3 is 10.4 Å². The summed E-state index contributed by atoms with van der Waals surface area (Å²) in [6, 6.07) is 15.1. The third-order valence-electron chi connectivity index (χ3n) is 4.40. The number of benzene rings is 2. The van der Waals surface area contributed by atoms with Crippen molar-refractivity contribution in [2.24, 2.45) is 5.92 Å². The number of phenolic OH excluding ortho intramolecular Hbond substituents is 1. The monoisotopic (exact) mass is 348 g/mol. The van der Waals surface area contributed by atoms with Crippen molar-refractivity contribution in [1.82, 2.24) is 10.3 Å². The predicted molar refractivity (Wildman–Crippen MR) is 104 cm³/mol. The molecular formula is C22H24N2O2. The second kappa shape index (κ2) is 7.56. The van der Waals surface area contributed by atoms with Crippen LogP contribution < -0.4 is 5.32 Å². The molecule has 1 amide bonds. The molecular weight excluding hydrogens is 324 g/mol. The third-order valence-corrected chi connectivity index (χ3v) is 4.40. The highest BCUT2D eigenvalue weighted by Crippen LogP contribution is 2.34. The average molecular weight is 348 g/mol. The van der Waals surface area contributed by atoms with Crippen LogP contribution in [0.3, 0.4) is 0 Å². The summed E-state index contributed by atoms with van der Waals surface area (Å²) in [5.74, 6) is 0.338. The van der Waals surface area contributed by atoms with E-state index in [4.69, 9.17) is 0 Å². The number of carbonyl (C=O) groups excluding carboxylic acids is 1. The highest BCUT2D eigenvalue weighted by molar-refractivity contribution is 5.86. The standard InChI is InChI=1S/C22H24N2O2/c1-14(2)13-19(25)24-20(17-8-6-15(3)7-9-17)18-11-10-16-5-4-12-23-21(16)22(18)26/h4-12,14,20,26H,13H2,1-3H3,(H,24,25)/t20-/m0/s1. The van der Waals surface area contributed by atoms with Gasteiger partial charge in [0.05, 0.1) is 6.04 Å². The summed E-state index contributed by atoms with van der Waals surface area (Å²) in [7, 11) is 0. The number of aromatic nitrogens is 1. The molecule has 4 nitrogen and oxygen atoms in total. The fourth-order valence-electron chi connectivity index (χ4n) is 3.07. The van der Waals surface area contributed by atoms with Crippen LogP contribution in [0.4, 0.5) is 0 Å². The molecule has 1 aromatic heterocycles. The Bertz CT molecular complexity index is 917. The van der Waals surface area contributed by atoms with Crippen molar-refractivity contribution in [2.75, 3.05) is 0 Å². The van der Waals surface area contributed by atoms with Crippen LogP contribution in [-0.4, -0.2) is 16.0 Å². The van der Waals surface area contributed by atoms with E-state index in [1.54, 1.807) is 6.20 Å². The van der Waals surface area contributed by atoms with E-state index in [0.717, 1.165) is 16.5 Å². The molecule has 0 radical (unpaired) electrons. The molecule has 134 valence electrons. The smallest absolute Gasteiger partial charge is 0.221 e.